The van der Waals surface area contributed by atoms with Crippen molar-refractivity contribution in [3.63, 3.8) is 0 Å². The maximum atomic E-state index is 12.9. The quantitative estimate of drug-likeness (QED) is 0.877. The van der Waals surface area contributed by atoms with Crippen molar-refractivity contribution < 1.29 is 23.7 Å². The van der Waals surface area contributed by atoms with E-state index in [1.807, 2.05) is 0 Å². The molecule has 1 unspecified atom stereocenters. The van der Waals surface area contributed by atoms with E-state index in [2.05, 4.69) is 0 Å². The largest absolute Gasteiger partial charge is 0.489 e. The summed E-state index contributed by atoms with van der Waals surface area (Å²) in [6, 6.07) is 3.86. The van der Waals surface area contributed by atoms with Crippen LogP contribution in [-0.2, 0) is 9.47 Å². The van der Waals surface area contributed by atoms with Crippen molar-refractivity contribution in [1.82, 2.24) is 0 Å². The van der Waals surface area contributed by atoms with E-state index in [0.717, 1.165) is 12.8 Å². The van der Waals surface area contributed by atoms with Crippen LogP contribution < -0.4 is 4.74 Å². The van der Waals surface area contributed by atoms with Crippen molar-refractivity contribution in [2.24, 2.45) is 0 Å². The highest BCUT2D eigenvalue weighted by Crippen LogP contribution is 2.24. The van der Waals surface area contributed by atoms with Crippen LogP contribution in [0.2, 0.25) is 5.02 Å². The van der Waals surface area contributed by atoms with Crippen LogP contribution in [0.15, 0.2) is 18.2 Å². The van der Waals surface area contributed by atoms with Gasteiger partial charge >= 0.3 is 0 Å². The zero-order chi connectivity index (χ0) is 14.4. The zero-order valence-electron chi connectivity index (χ0n) is 11.1. The van der Waals surface area contributed by atoms with Gasteiger partial charge in [0.05, 0.1) is 17.7 Å². The molecule has 1 saturated heterocycles. The number of halogens is 2. The van der Waals surface area contributed by atoms with E-state index in [-0.39, 0.29) is 24.3 Å². The van der Waals surface area contributed by atoms with Crippen molar-refractivity contribution in [3.05, 3.63) is 29.0 Å². The second-order valence-electron chi connectivity index (χ2n) is 4.68. The standard InChI is InChI=1S/C14H18ClFO4/c15-13-7-10(16)1-2-14(13)20-9-11(17)8-19-12-3-5-18-6-4-12/h1-2,7,11-12,17H,3-6,8-9H2. The van der Waals surface area contributed by atoms with Crippen LogP contribution in [-0.4, -0.2) is 43.7 Å². The molecular formula is C14H18ClFO4. The van der Waals surface area contributed by atoms with Crippen LogP contribution in [0, 0.1) is 5.82 Å². The van der Waals surface area contributed by atoms with Gasteiger partial charge in [0.1, 0.15) is 24.3 Å². The summed E-state index contributed by atoms with van der Waals surface area (Å²) in [5.74, 6) is -0.0797. The number of benzene rings is 1. The molecule has 1 aliphatic heterocycles. The van der Waals surface area contributed by atoms with Crippen molar-refractivity contribution in [2.45, 2.75) is 25.0 Å². The van der Waals surface area contributed by atoms with Gasteiger partial charge in [-0.3, -0.25) is 0 Å². The third kappa shape index (κ3) is 4.90. The molecule has 112 valence electrons. The molecular weight excluding hydrogens is 287 g/mol. The Morgan fingerprint density at radius 2 is 2.10 bits per heavy atom. The van der Waals surface area contributed by atoms with Crippen LogP contribution in [0.3, 0.4) is 0 Å². The molecule has 0 radical (unpaired) electrons. The van der Waals surface area contributed by atoms with Gasteiger partial charge < -0.3 is 19.3 Å². The Morgan fingerprint density at radius 3 is 2.80 bits per heavy atom. The number of ether oxygens (including phenoxy) is 3. The first kappa shape index (κ1) is 15.5. The molecule has 0 aromatic heterocycles. The highest BCUT2D eigenvalue weighted by Gasteiger charge is 2.16. The number of aliphatic hydroxyl groups is 1. The molecule has 1 atom stereocenters. The average Bonchev–Trinajstić information content (AvgIpc) is 2.45. The maximum Gasteiger partial charge on any atom is 0.138 e. The summed E-state index contributed by atoms with van der Waals surface area (Å²) in [6.07, 6.45) is 1.07. The van der Waals surface area contributed by atoms with Crippen molar-refractivity contribution in [1.29, 1.82) is 0 Å². The summed E-state index contributed by atoms with van der Waals surface area (Å²) < 4.78 is 29.0. The monoisotopic (exact) mass is 304 g/mol. The van der Waals surface area contributed by atoms with E-state index >= 15 is 0 Å². The molecule has 0 aliphatic carbocycles. The van der Waals surface area contributed by atoms with Gasteiger partial charge in [0.2, 0.25) is 0 Å². The van der Waals surface area contributed by atoms with E-state index in [9.17, 15) is 9.50 Å². The van der Waals surface area contributed by atoms with Gasteiger partial charge in [0.15, 0.2) is 0 Å². The van der Waals surface area contributed by atoms with E-state index in [0.29, 0.717) is 19.0 Å². The van der Waals surface area contributed by atoms with Crippen molar-refractivity contribution in [2.75, 3.05) is 26.4 Å². The SMILES string of the molecule is OC(COc1ccc(F)cc1Cl)COC1CCOCC1. The number of aliphatic hydroxyl groups excluding tert-OH is 1. The molecule has 2 rings (SSSR count). The Labute approximate surface area is 122 Å². The highest BCUT2D eigenvalue weighted by atomic mass is 35.5. The third-order valence-electron chi connectivity index (χ3n) is 3.02. The van der Waals surface area contributed by atoms with E-state index in [4.69, 9.17) is 25.8 Å². The fourth-order valence-corrected chi connectivity index (χ4v) is 2.14. The van der Waals surface area contributed by atoms with Crippen molar-refractivity contribution >= 4 is 11.6 Å². The summed E-state index contributed by atoms with van der Waals surface area (Å²) in [5, 5.41) is 9.97. The first-order chi connectivity index (χ1) is 9.65. The summed E-state index contributed by atoms with van der Waals surface area (Å²) in [6.45, 7) is 1.64. The van der Waals surface area contributed by atoms with Gasteiger partial charge in [-0.15, -0.1) is 0 Å². The minimum absolute atomic E-state index is 0.0502. The Morgan fingerprint density at radius 1 is 1.35 bits per heavy atom. The minimum Gasteiger partial charge on any atom is -0.489 e. The first-order valence-electron chi connectivity index (χ1n) is 6.60. The predicted molar refractivity (Wildman–Crippen MR) is 72.7 cm³/mol. The molecule has 0 amide bonds. The molecule has 1 aromatic carbocycles. The molecule has 6 heteroatoms. The maximum absolute atomic E-state index is 12.9. The number of hydrogen-bond acceptors (Lipinski definition) is 4. The Kier molecular flexibility index (Phi) is 6.04. The third-order valence-corrected chi connectivity index (χ3v) is 3.31. The number of rotatable bonds is 6. The lowest BCUT2D eigenvalue weighted by Crippen LogP contribution is -2.30. The lowest BCUT2D eigenvalue weighted by atomic mass is 10.1. The lowest BCUT2D eigenvalue weighted by molar-refractivity contribution is -0.0659. The molecule has 1 N–H and O–H groups in total. The van der Waals surface area contributed by atoms with Crippen LogP contribution in [0.4, 0.5) is 4.39 Å². The van der Waals surface area contributed by atoms with Crippen LogP contribution in [0.5, 0.6) is 5.75 Å². The summed E-state index contributed by atoms with van der Waals surface area (Å²) >= 11 is 5.82. The normalized spacial score (nSPS) is 17.9. The molecule has 1 fully saturated rings. The zero-order valence-corrected chi connectivity index (χ0v) is 11.8. The molecule has 0 spiro atoms. The fourth-order valence-electron chi connectivity index (χ4n) is 1.92. The van der Waals surface area contributed by atoms with Crippen molar-refractivity contribution in [3.8, 4) is 5.75 Å². The van der Waals surface area contributed by atoms with Gasteiger partial charge in [0.25, 0.3) is 0 Å². The molecule has 4 nitrogen and oxygen atoms in total. The second-order valence-corrected chi connectivity index (χ2v) is 5.09. The molecule has 1 aliphatic rings. The Bertz CT molecular complexity index is 424. The van der Waals surface area contributed by atoms with Gasteiger partial charge in [-0.2, -0.15) is 0 Å². The summed E-state index contributed by atoms with van der Waals surface area (Å²) in [4.78, 5) is 0. The molecule has 1 aromatic rings. The van der Waals surface area contributed by atoms with Crippen LogP contribution in [0.25, 0.3) is 0 Å². The Hall–Kier alpha value is -0.880. The molecule has 0 bridgehead atoms. The predicted octanol–water partition coefficient (Wildman–Crippen LogP) is 2.41. The Balaban J connectivity index is 1.70. The van der Waals surface area contributed by atoms with E-state index in [1.165, 1.54) is 18.2 Å². The molecule has 0 saturated carbocycles. The molecule has 20 heavy (non-hydrogen) atoms. The summed E-state index contributed by atoms with van der Waals surface area (Å²) in [7, 11) is 0. The lowest BCUT2D eigenvalue weighted by Gasteiger charge is -2.23. The van der Waals surface area contributed by atoms with Gasteiger partial charge in [0, 0.05) is 13.2 Å². The van der Waals surface area contributed by atoms with Gasteiger partial charge in [-0.1, -0.05) is 11.6 Å². The summed E-state index contributed by atoms with van der Waals surface area (Å²) in [5.41, 5.74) is 0. The van der Waals surface area contributed by atoms with Crippen LogP contribution in [0.1, 0.15) is 12.8 Å². The van der Waals surface area contributed by atoms with Gasteiger partial charge in [-0.05, 0) is 31.0 Å². The first-order valence-corrected chi connectivity index (χ1v) is 6.98. The smallest absolute Gasteiger partial charge is 0.138 e. The topological polar surface area (TPSA) is 47.9 Å². The van der Waals surface area contributed by atoms with Gasteiger partial charge in [-0.25, -0.2) is 4.39 Å². The second kappa shape index (κ2) is 7.78. The van der Waals surface area contributed by atoms with Crippen LogP contribution >= 0.6 is 11.6 Å². The highest BCUT2D eigenvalue weighted by molar-refractivity contribution is 6.32. The van der Waals surface area contributed by atoms with E-state index in [1.54, 1.807) is 0 Å². The fraction of sp³-hybridized carbons (Fsp3) is 0.571. The minimum atomic E-state index is -0.751. The average molecular weight is 305 g/mol. The molecule has 1 heterocycles. The number of hydrogen-bond donors (Lipinski definition) is 1. The van der Waals surface area contributed by atoms with E-state index < -0.39 is 11.9 Å².